The Morgan fingerprint density at radius 2 is 1.81 bits per heavy atom. The van der Waals surface area contributed by atoms with Crippen molar-refractivity contribution in [1.82, 2.24) is 4.90 Å². The Bertz CT molecular complexity index is 1430. The van der Waals surface area contributed by atoms with Gasteiger partial charge in [-0.2, -0.15) is 0 Å². The van der Waals surface area contributed by atoms with E-state index in [1.165, 1.54) is 11.2 Å². The maximum Gasteiger partial charge on any atom is 0.296 e. The maximum atomic E-state index is 13.1. The van der Waals surface area contributed by atoms with E-state index in [1.807, 2.05) is 25.1 Å². The van der Waals surface area contributed by atoms with Crippen LogP contribution in [0.3, 0.4) is 0 Å². The molecule has 1 unspecified atom stereocenters. The number of benzene rings is 2. The number of furan rings is 2. The third kappa shape index (κ3) is 4.55. The normalized spacial score (nSPS) is 17.1. The van der Waals surface area contributed by atoms with Crippen molar-refractivity contribution < 1.29 is 28.3 Å². The number of hydrogen-bond acceptors (Lipinski definition) is 6. The number of carbonyl (C=O) groups excluding carboxylic acids is 2. The molecular weight excluding hydrogens is 458 g/mol. The molecule has 7 nitrogen and oxygen atoms in total. The van der Waals surface area contributed by atoms with Gasteiger partial charge in [0.05, 0.1) is 18.4 Å². The highest BCUT2D eigenvalue weighted by Gasteiger charge is 2.47. The van der Waals surface area contributed by atoms with Crippen molar-refractivity contribution in [3.05, 3.63) is 119 Å². The standard InChI is InChI=1S/C29H25NO6/c1-18-5-3-6-20(15-18)17-35-22-11-9-21(10-12-22)27(31)25-26(24-13-8-19(2)36-24)30(29(33)28(25)32)16-23-7-4-14-34-23/h3-15,26,31H,16-17H2,1-2H3/b27-25-. The quantitative estimate of drug-likeness (QED) is 0.206. The van der Waals surface area contributed by atoms with Crippen LogP contribution in [0.1, 0.15) is 40.0 Å². The van der Waals surface area contributed by atoms with Gasteiger partial charge in [0.25, 0.3) is 11.7 Å². The number of ketones is 1. The van der Waals surface area contributed by atoms with Gasteiger partial charge < -0.3 is 23.6 Å². The summed E-state index contributed by atoms with van der Waals surface area (Å²) in [5.41, 5.74) is 2.56. The first kappa shape index (κ1) is 23.2. The Kier molecular flexibility index (Phi) is 6.21. The van der Waals surface area contributed by atoms with Crippen molar-refractivity contribution in [2.45, 2.75) is 33.0 Å². The largest absolute Gasteiger partial charge is 0.507 e. The zero-order chi connectivity index (χ0) is 25.2. The van der Waals surface area contributed by atoms with Gasteiger partial charge in [-0.3, -0.25) is 9.59 Å². The predicted molar refractivity (Wildman–Crippen MR) is 132 cm³/mol. The first-order chi connectivity index (χ1) is 17.4. The number of carbonyl (C=O) groups is 2. The molecule has 182 valence electrons. The summed E-state index contributed by atoms with van der Waals surface area (Å²) >= 11 is 0. The molecule has 36 heavy (non-hydrogen) atoms. The summed E-state index contributed by atoms with van der Waals surface area (Å²) in [4.78, 5) is 27.4. The smallest absolute Gasteiger partial charge is 0.296 e. The Morgan fingerprint density at radius 1 is 1.00 bits per heavy atom. The lowest BCUT2D eigenvalue weighted by molar-refractivity contribution is -0.140. The molecule has 1 fully saturated rings. The van der Waals surface area contributed by atoms with Gasteiger partial charge in [0.2, 0.25) is 0 Å². The number of likely N-dealkylation sites (tertiary alicyclic amines) is 1. The van der Waals surface area contributed by atoms with Crippen LogP contribution in [0, 0.1) is 13.8 Å². The van der Waals surface area contributed by atoms with Crippen LogP contribution in [0.5, 0.6) is 5.75 Å². The van der Waals surface area contributed by atoms with Gasteiger partial charge in [-0.05, 0) is 67.9 Å². The van der Waals surface area contributed by atoms with Crippen molar-refractivity contribution >= 4 is 17.4 Å². The molecule has 0 radical (unpaired) electrons. The SMILES string of the molecule is Cc1cccc(COc2ccc(/C(O)=C3/C(=O)C(=O)N(Cc4ccco4)C3c3ccc(C)o3)cc2)c1. The van der Waals surface area contributed by atoms with E-state index in [-0.39, 0.29) is 17.9 Å². The van der Waals surface area contributed by atoms with E-state index in [0.717, 1.165) is 11.1 Å². The number of Topliss-reactive ketones (excluding diaryl/α,β-unsaturated/α-hetero) is 1. The highest BCUT2D eigenvalue weighted by atomic mass is 16.5. The minimum Gasteiger partial charge on any atom is -0.507 e. The van der Waals surface area contributed by atoms with E-state index in [1.54, 1.807) is 55.5 Å². The van der Waals surface area contributed by atoms with Gasteiger partial charge in [0.15, 0.2) is 0 Å². The second kappa shape index (κ2) is 9.62. The zero-order valence-corrected chi connectivity index (χ0v) is 19.9. The van der Waals surface area contributed by atoms with Crippen LogP contribution >= 0.6 is 0 Å². The maximum absolute atomic E-state index is 13.1. The van der Waals surface area contributed by atoms with E-state index in [4.69, 9.17) is 13.6 Å². The number of aliphatic hydroxyl groups is 1. The average Bonchev–Trinajstić information content (AvgIpc) is 3.60. The Labute approximate surface area is 208 Å². The van der Waals surface area contributed by atoms with Crippen molar-refractivity contribution in [2.24, 2.45) is 0 Å². The van der Waals surface area contributed by atoms with Crippen LogP contribution in [0.4, 0.5) is 0 Å². The zero-order valence-electron chi connectivity index (χ0n) is 19.9. The lowest BCUT2D eigenvalue weighted by Crippen LogP contribution is -2.28. The second-order valence-corrected chi connectivity index (χ2v) is 8.76. The van der Waals surface area contributed by atoms with Crippen LogP contribution in [-0.4, -0.2) is 21.7 Å². The number of nitrogens with zero attached hydrogens (tertiary/aromatic N) is 1. The molecule has 0 aliphatic carbocycles. The van der Waals surface area contributed by atoms with Gasteiger partial charge in [-0.15, -0.1) is 0 Å². The van der Waals surface area contributed by atoms with Gasteiger partial charge >= 0.3 is 0 Å². The van der Waals surface area contributed by atoms with E-state index in [0.29, 0.717) is 35.2 Å². The molecule has 0 bridgehead atoms. The van der Waals surface area contributed by atoms with E-state index in [2.05, 4.69) is 6.07 Å². The highest BCUT2D eigenvalue weighted by Crippen LogP contribution is 2.41. The molecule has 7 heteroatoms. The molecule has 2 aromatic heterocycles. The van der Waals surface area contributed by atoms with E-state index in [9.17, 15) is 14.7 Å². The first-order valence-corrected chi connectivity index (χ1v) is 11.6. The van der Waals surface area contributed by atoms with Gasteiger partial charge in [-0.1, -0.05) is 29.8 Å². The van der Waals surface area contributed by atoms with Gasteiger partial charge in [-0.25, -0.2) is 0 Å². The summed E-state index contributed by atoms with van der Waals surface area (Å²) in [6.07, 6.45) is 1.50. The topological polar surface area (TPSA) is 93.1 Å². The Morgan fingerprint density at radius 3 is 2.47 bits per heavy atom. The van der Waals surface area contributed by atoms with Crippen LogP contribution in [-0.2, 0) is 22.7 Å². The molecule has 2 aromatic carbocycles. The predicted octanol–water partition coefficient (Wildman–Crippen LogP) is 5.69. The number of hydrogen-bond donors (Lipinski definition) is 1. The number of aliphatic hydroxyl groups excluding tert-OH is 1. The molecule has 1 N–H and O–H groups in total. The molecule has 1 aliphatic rings. The summed E-state index contributed by atoms with van der Waals surface area (Å²) in [6.45, 7) is 4.27. The fourth-order valence-corrected chi connectivity index (χ4v) is 4.34. The number of aryl methyl sites for hydroxylation is 2. The third-order valence-corrected chi connectivity index (χ3v) is 6.09. The Hall–Kier alpha value is -4.52. The monoisotopic (exact) mass is 483 g/mol. The number of ether oxygens (including phenoxy) is 1. The molecule has 5 rings (SSSR count). The van der Waals surface area contributed by atoms with Crippen LogP contribution in [0.25, 0.3) is 5.76 Å². The molecule has 1 atom stereocenters. The van der Waals surface area contributed by atoms with Crippen LogP contribution in [0.2, 0.25) is 0 Å². The molecular formula is C29H25NO6. The van der Waals surface area contributed by atoms with Gasteiger partial charge in [0.1, 0.15) is 41.4 Å². The van der Waals surface area contributed by atoms with Crippen LogP contribution in [0.15, 0.2) is 93.5 Å². The molecule has 0 spiro atoms. The summed E-state index contributed by atoms with van der Waals surface area (Å²) < 4.78 is 17.0. The minimum atomic E-state index is -0.888. The average molecular weight is 484 g/mol. The van der Waals surface area contributed by atoms with E-state index >= 15 is 0 Å². The number of rotatable bonds is 7. The minimum absolute atomic E-state index is 0.0330. The van der Waals surface area contributed by atoms with E-state index < -0.39 is 17.7 Å². The highest BCUT2D eigenvalue weighted by molar-refractivity contribution is 6.46. The van der Waals surface area contributed by atoms with Crippen molar-refractivity contribution in [3.63, 3.8) is 0 Å². The fourth-order valence-electron chi connectivity index (χ4n) is 4.34. The summed E-state index contributed by atoms with van der Waals surface area (Å²) in [6, 6.07) is 20.8. The number of amides is 1. The molecule has 0 saturated carbocycles. The second-order valence-electron chi connectivity index (χ2n) is 8.76. The van der Waals surface area contributed by atoms with Gasteiger partial charge in [0, 0.05) is 5.56 Å². The molecule has 1 saturated heterocycles. The van der Waals surface area contributed by atoms with Crippen LogP contribution < -0.4 is 4.74 Å². The van der Waals surface area contributed by atoms with Crippen molar-refractivity contribution in [1.29, 1.82) is 0 Å². The lowest BCUT2D eigenvalue weighted by atomic mass is 9.99. The summed E-state index contributed by atoms with van der Waals surface area (Å²) in [5, 5.41) is 11.2. The molecule has 3 heterocycles. The first-order valence-electron chi connectivity index (χ1n) is 11.6. The van der Waals surface area contributed by atoms with Crippen molar-refractivity contribution in [2.75, 3.05) is 0 Å². The molecule has 4 aromatic rings. The molecule has 1 aliphatic heterocycles. The third-order valence-electron chi connectivity index (χ3n) is 6.09. The fraction of sp³-hybridized carbons (Fsp3) is 0.172. The Balaban J connectivity index is 1.45. The molecule has 1 amide bonds. The summed E-state index contributed by atoms with van der Waals surface area (Å²) in [7, 11) is 0. The summed E-state index contributed by atoms with van der Waals surface area (Å²) in [5.74, 6) is 0.356. The van der Waals surface area contributed by atoms with Crippen molar-refractivity contribution in [3.8, 4) is 5.75 Å². The lowest BCUT2D eigenvalue weighted by Gasteiger charge is -2.22.